The van der Waals surface area contributed by atoms with Crippen LogP contribution in [0.4, 0.5) is 0 Å². The molecule has 0 saturated carbocycles. The molecule has 19 heavy (non-hydrogen) atoms. The van der Waals surface area contributed by atoms with E-state index in [1.807, 2.05) is 12.1 Å². The van der Waals surface area contributed by atoms with Gasteiger partial charge in [-0.25, -0.2) is 0 Å². The highest BCUT2D eigenvalue weighted by molar-refractivity contribution is 5.81. The zero-order chi connectivity index (χ0) is 13.8. The number of carbonyl (C=O) groups is 1. The Labute approximate surface area is 114 Å². The number of amides is 1. The summed E-state index contributed by atoms with van der Waals surface area (Å²) in [5.41, 5.74) is 1.29. The lowest BCUT2D eigenvalue weighted by Crippen LogP contribution is -2.47. The van der Waals surface area contributed by atoms with Crippen LogP contribution in [0.2, 0.25) is 0 Å². The summed E-state index contributed by atoms with van der Waals surface area (Å²) < 4.78 is 5.17. The van der Waals surface area contributed by atoms with Gasteiger partial charge in [-0.3, -0.25) is 4.79 Å². The van der Waals surface area contributed by atoms with Crippen molar-refractivity contribution in [2.45, 2.75) is 24.8 Å². The van der Waals surface area contributed by atoms with E-state index in [9.17, 15) is 4.79 Å². The van der Waals surface area contributed by atoms with E-state index in [2.05, 4.69) is 17.4 Å². The number of methoxy groups -OCH3 is 1. The fraction of sp³-hybridized carbons (Fsp3) is 0.533. The molecule has 1 aliphatic heterocycles. The number of likely N-dealkylation sites (N-methyl/N-ethyl adjacent to an activating group) is 1. The second kappa shape index (κ2) is 6.06. The van der Waals surface area contributed by atoms with Crippen molar-refractivity contribution < 1.29 is 9.53 Å². The molecule has 4 heteroatoms. The summed E-state index contributed by atoms with van der Waals surface area (Å²) in [6, 6.07) is 8.12. The van der Waals surface area contributed by atoms with Gasteiger partial charge in [-0.05, 0) is 43.0 Å². The van der Waals surface area contributed by atoms with E-state index in [4.69, 9.17) is 4.74 Å². The lowest BCUT2D eigenvalue weighted by molar-refractivity contribution is -0.131. The van der Waals surface area contributed by atoms with Gasteiger partial charge in [0.15, 0.2) is 0 Å². The number of nitrogens with one attached hydrogen (secondary N) is 1. The summed E-state index contributed by atoms with van der Waals surface area (Å²) in [4.78, 5) is 13.7. The van der Waals surface area contributed by atoms with Crippen molar-refractivity contribution in [1.29, 1.82) is 0 Å². The largest absolute Gasteiger partial charge is 0.497 e. The Morgan fingerprint density at radius 3 is 2.58 bits per heavy atom. The highest BCUT2D eigenvalue weighted by atomic mass is 16.5. The molecule has 4 nitrogen and oxygen atoms in total. The van der Waals surface area contributed by atoms with Crippen LogP contribution in [-0.2, 0) is 4.79 Å². The number of benzene rings is 1. The number of carbonyl (C=O) groups excluding carboxylic acids is 1. The highest BCUT2D eigenvalue weighted by Gasteiger charge is 2.28. The molecule has 0 aliphatic carbocycles. The molecule has 1 N–H and O–H groups in total. The van der Waals surface area contributed by atoms with E-state index >= 15 is 0 Å². The maximum Gasteiger partial charge on any atom is 0.239 e. The van der Waals surface area contributed by atoms with Crippen LogP contribution in [0, 0.1) is 0 Å². The fourth-order valence-electron chi connectivity index (χ4n) is 2.60. The quantitative estimate of drug-likeness (QED) is 0.900. The summed E-state index contributed by atoms with van der Waals surface area (Å²) in [7, 11) is 5.29. The van der Waals surface area contributed by atoms with E-state index in [1.165, 1.54) is 5.56 Å². The van der Waals surface area contributed by atoms with Crippen LogP contribution in [-0.4, -0.2) is 44.6 Å². The molecule has 2 unspecified atom stereocenters. The second-order valence-electron chi connectivity index (χ2n) is 5.23. The molecule has 0 spiro atoms. The Morgan fingerprint density at radius 1 is 1.32 bits per heavy atom. The van der Waals surface area contributed by atoms with E-state index in [1.54, 1.807) is 26.1 Å². The first-order chi connectivity index (χ1) is 9.11. The van der Waals surface area contributed by atoms with Crippen molar-refractivity contribution in [3.05, 3.63) is 29.8 Å². The monoisotopic (exact) mass is 262 g/mol. The number of ether oxygens (including phenoxy) is 1. The lowest BCUT2D eigenvalue weighted by atomic mass is 9.86. The molecule has 1 aliphatic rings. The van der Waals surface area contributed by atoms with Crippen molar-refractivity contribution in [3.8, 4) is 5.75 Å². The number of piperidine rings is 1. The smallest absolute Gasteiger partial charge is 0.239 e. The van der Waals surface area contributed by atoms with Crippen LogP contribution >= 0.6 is 0 Å². The SMILES string of the molecule is COc1ccc(C2CCNC(C(=O)N(C)C)C2)cc1. The molecule has 1 saturated heterocycles. The van der Waals surface area contributed by atoms with Crippen molar-refractivity contribution in [3.63, 3.8) is 0 Å². The Morgan fingerprint density at radius 2 is 2.00 bits per heavy atom. The Balaban J connectivity index is 2.05. The maximum absolute atomic E-state index is 12.0. The van der Waals surface area contributed by atoms with Gasteiger partial charge in [0.2, 0.25) is 5.91 Å². The minimum absolute atomic E-state index is 0.0594. The van der Waals surface area contributed by atoms with E-state index in [0.717, 1.165) is 25.1 Å². The molecule has 1 aromatic carbocycles. The Kier molecular flexibility index (Phi) is 4.43. The van der Waals surface area contributed by atoms with Crippen LogP contribution in [0.15, 0.2) is 24.3 Å². The van der Waals surface area contributed by atoms with Gasteiger partial charge in [0.25, 0.3) is 0 Å². The number of rotatable bonds is 3. The number of hydrogen-bond acceptors (Lipinski definition) is 3. The van der Waals surface area contributed by atoms with Gasteiger partial charge >= 0.3 is 0 Å². The predicted molar refractivity (Wildman–Crippen MR) is 75.5 cm³/mol. The maximum atomic E-state index is 12.0. The summed E-state index contributed by atoms with van der Waals surface area (Å²) >= 11 is 0. The van der Waals surface area contributed by atoms with Gasteiger partial charge in [0, 0.05) is 14.1 Å². The van der Waals surface area contributed by atoms with Gasteiger partial charge < -0.3 is 15.0 Å². The molecular weight excluding hydrogens is 240 g/mol. The standard InChI is InChI=1S/C15H22N2O2/c1-17(2)15(18)14-10-12(8-9-16-14)11-4-6-13(19-3)7-5-11/h4-7,12,14,16H,8-10H2,1-3H3. The zero-order valence-corrected chi connectivity index (χ0v) is 11.8. The first-order valence-electron chi connectivity index (χ1n) is 6.70. The molecule has 1 aromatic rings. The minimum Gasteiger partial charge on any atom is -0.497 e. The van der Waals surface area contributed by atoms with Gasteiger partial charge in [-0.2, -0.15) is 0 Å². The molecule has 1 heterocycles. The molecule has 1 fully saturated rings. The zero-order valence-electron chi connectivity index (χ0n) is 11.8. The third kappa shape index (κ3) is 3.26. The highest BCUT2D eigenvalue weighted by Crippen LogP contribution is 2.29. The molecule has 0 radical (unpaired) electrons. The van der Waals surface area contributed by atoms with Crippen LogP contribution in [0.25, 0.3) is 0 Å². The summed E-state index contributed by atoms with van der Waals surface area (Å²) in [5, 5.41) is 3.31. The molecule has 2 rings (SSSR count). The summed E-state index contributed by atoms with van der Waals surface area (Å²) in [6.07, 6.45) is 1.94. The van der Waals surface area contributed by atoms with Gasteiger partial charge in [0.05, 0.1) is 13.2 Å². The number of hydrogen-bond donors (Lipinski definition) is 1. The van der Waals surface area contributed by atoms with E-state index in [0.29, 0.717) is 5.92 Å². The lowest BCUT2D eigenvalue weighted by Gasteiger charge is -2.31. The summed E-state index contributed by atoms with van der Waals surface area (Å²) in [6.45, 7) is 0.890. The third-order valence-electron chi connectivity index (χ3n) is 3.73. The average molecular weight is 262 g/mol. The van der Waals surface area contributed by atoms with E-state index < -0.39 is 0 Å². The van der Waals surface area contributed by atoms with Crippen LogP contribution in [0.5, 0.6) is 5.75 Å². The van der Waals surface area contributed by atoms with Crippen LogP contribution in [0.1, 0.15) is 24.3 Å². The van der Waals surface area contributed by atoms with Gasteiger partial charge in [-0.15, -0.1) is 0 Å². The van der Waals surface area contributed by atoms with Crippen LogP contribution in [0.3, 0.4) is 0 Å². The van der Waals surface area contributed by atoms with Gasteiger partial charge in [0.1, 0.15) is 5.75 Å². The van der Waals surface area contributed by atoms with Crippen molar-refractivity contribution >= 4 is 5.91 Å². The van der Waals surface area contributed by atoms with Gasteiger partial charge in [-0.1, -0.05) is 12.1 Å². The molecule has 0 bridgehead atoms. The fourth-order valence-corrected chi connectivity index (χ4v) is 2.60. The van der Waals surface area contributed by atoms with E-state index in [-0.39, 0.29) is 11.9 Å². The first kappa shape index (κ1) is 13.9. The average Bonchev–Trinajstić information content (AvgIpc) is 2.46. The van der Waals surface area contributed by atoms with Crippen LogP contribution < -0.4 is 10.1 Å². The second-order valence-corrected chi connectivity index (χ2v) is 5.23. The molecule has 1 amide bonds. The normalized spacial score (nSPS) is 22.9. The third-order valence-corrected chi connectivity index (χ3v) is 3.73. The predicted octanol–water partition coefficient (Wildman–Crippen LogP) is 1.62. The minimum atomic E-state index is -0.0594. The molecule has 2 atom stereocenters. The Hall–Kier alpha value is -1.55. The molecular formula is C15H22N2O2. The van der Waals surface area contributed by atoms with Crippen molar-refractivity contribution in [1.82, 2.24) is 10.2 Å². The topological polar surface area (TPSA) is 41.6 Å². The molecule has 104 valence electrons. The Bertz CT molecular complexity index is 428. The van der Waals surface area contributed by atoms with Crippen molar-refractivity contribution in [2.75, 3.05) is 27.7 Å². The molecule has 0 aromatic heterocycles. The summed E-state index contributed by atoms with van der Waals surface area (Å²) in [5.74, 6) is 1.48. The number of nitrogens with zero attached hydrogens (tertiary/aromatic N) is 1. The van der Waals surface area contributed by atoms with Crippen molar-refractivity contribution in [2.24, 2.45) is 0 Å². The first-order valence-corrected chi connectivity index (χ1v) is 6.70.